The molecule has 0 bridgehead atoms. The van der Waals surface area contributed by atoms with Crippen LogP contribution in [0.15, 0.2) is 24.3 Å². The van der Waals surface area contributed by atoms with Crippen LogP contribution in [-0.2, 0) is 16.4 Å². The van der Waals surface area contributed by atoms with Crippen molar-refractivity contribution in [2.24, 2.45) is 0 Å². The summed E-state index contributed by atoms with van der Waals surface area (Å²) in [5, 5.41) is 8.91. The number of rotatable bonds is 7. The number of hydrogen-bond acceptors (Lipinski definition) is 3. The van der Waals surface area contributed by atoms with Gasteiger partial charge in [-0.2, -0.15) is 0 Å². The standard InChI is InChI=1S/C12H16O4/c1-2-3-8-15-16-9-10-6-4-5-7-11(10)12(13)14/h4-7H,2-3,8-9H2,1H3,(H,13,14). The summed E-state index contributed by atoms with van der Waals surface area (Å²) in [6, 6.07) is 6.72. The van der Waals surface area contributed by atoms with Crippen LogP contribution < -0.4 is 0 Å². The Hall–Kier alpha value is -1.39. The summed E-state index contributed by atoms with van der Waals surface area (Å²) in [6.07, 6.45) is 1.97. The zero-order valence-corrected chi connectivity index (χ0v) is 9.31. The molecule has 0 unspecified atom stereocenters. The van der Waals surface area contributed by atoms with Crippen LogP contribution in [-0.4, -0.2) is 17.7 Å². The molecule has 1 aromatic carbocycles. The zero-order chi connectivity index (χ0) is 11.8. The molecule has 0 aromatic heterocycles. The van der Waals surface area contributed by atoms with E-state index in [0.717, 1.165) is 12.8 Å². The van der Waals surface area contributed by atoms with Crippen LogP contribution in [0.25, 0.3) is 0 Å². The van der Waals surface area contributed by atoms with Gasteiger partial charge in [-0.05, 0) is 18.1 Å². The van der Waals surface area contributed by atoms with Gasteiger partial charge < -0.3 is 5.11 Å². The molecule has 88 valence electrons. The topological polar surface area (TPSA) is 55.8 Å². The summed E-state index contributed by atoms with van der Waals surface area (Å²) in [6.45, 7) is 2.75. The monoisotopic (exact) mass is 224 g/mol. The third-order valence-electron chi connectivity index (χ3n) is 2.13. The molecule has 0 spiro atoms. The summed E-state index contributed by atoms with van der Waals surface area (Å²) in [7, 11) is 0. The van der Waals surface area contributed by atoms with Crippen molar-refractivity contribution in [3.63, 3.8) is 0 Å². The molecule has 0 aliphatic heterocycles. The van der Waals surface area contributed by atoms with E-state index in [1.807, 2.05) is 0 Å². The Labute approximate surface area is 94.7 Å². The van der Waals surface area contributed by atoms with Gasteiger partial charge in [-0.25, -0.2) is 14.6 Å². The molecule has 1 N–H and O–H groups in total. The molecular formula is C12H16O4. The van der Waals surface area contributed by atoms with E-state index in [1.54, 1.807) is 24.3 Å². The van der Waals surface area contributed by atoms with Gasteiger partial charge in [0.05, 0.1) is 12.2 Å². The molecular weight excluding hydrogens is 208 g/mol. The number of carbonyl (C=O) groups is 1. The van der Waals surface area contributed by atoms with Gasteiger partial charge in [-0.1, -0.05) is 31.5 Å². The lowest BCUT2D eigenvalue weighted by atomic mass is 10.1. The Balaban J connectivity index is 2.44. The molecule has 0 aliphatic carbocycles. The van der Waals surface area contributed by atoms with Crippen LogP contribution >= 0.6 is 0 Å². The molecule has 1 aromatic rings. The van der Waals surface area contributed by atoms with Crippen LogP contribution in [0.2, 0.25) is 0 Å². The average molecular weight is 224 g/mol. The third kappa shape index (κ3) is 4.00. The van der Waals surface area contributed by atoms with E-state index in [-0.39, 0.29) is 12.2 Å². The van der Waals surface area contributed by atoms with Crippen molar-refractivity contribution in [1.29, 1.82) is 0 Å². The Morgan fingerprint density at radius 1 is 1.31 bits per heavy atom. The summed E-state index contributed by atoms with van der Waals surface area (Å²) < 4.78 is 0. The quantitative estimate of drug-likeness (QED) is 0.439. The highest BCUT2D eigenvalue weighted by molar-refractivity contribution is 5.89. The molecule has 0 fully saturated rings. The summed E-state index contributed by atoms with van der Waals surface area (Å²) in [4.78, 5) is 20.7. The van der Waals surface area contributed by atoms with Crippen LogP contribution in [0.3, 0.4) is 0 Å². The second-order valence-corrected chi connectivity index (χ2v) is 3.40. The van der Waals surface area contributed by atoms with E-state index in [1.165, 1.54) is 0 Å². The number of carboxylic acid groups (broad SMARTS) is 1. The Bertz CT molecular complexity index is 336. The maximum absolute atomic E-state index is 10.9. The molecule has 0 radical (unpaired) electrons. The van der Waals surface area contributed by atoms with E-state index < -0.39 is 5.97 Å². The Kier molecular flexibility index (Phi) is 5.53. The molecule has 0 atom stereocenters. The fourth-order valence-electron chi connectivity index (χ4n) is 1.22. The van der Waals surface area contributed by atoms with Crippen molar-refractivity contribution in [3.8, 4) is 0 Å². The number of unbranched alkanes of at least 4 members (excludes halogenated alkanes) is 1. The van der Waals surface area contributed by atoms with Crippen molar-refractivity contribution < 1.29 is 19.7 Å². The van der Waals surface area contributed by atoms with Gasteiger partial charge in [-0.15, -0.1) is 0 Å². The largest absolute Gasteiger partial charge is 0.478 e. The first-order chi connectivity index (χ1) is 7.75. The molecule has 0 amide bonds. The molecule has 16 heavy (non-hydrogen) atoms. The van der Waals surface area contributed by atoms with E-state index in [2.05, 4.69) is 6.92 Å². The van der Waals surface area contributed by atoms with Gasteiger partial charge in [0.25, 0.3) is 0 Å². The van der Waals surface area contributed by atoms with Crippen LogP contribution in [0, 0.1) is 0 Å². The molecule has 1 rings (SSSR count). The van der Waals surface area contributed by atoms with Crippen LogP contribution in [0.5, 0.6) is 0 Å². The molecule has 4 nitrogen and oxygen atoms in total. The minimum atomic E-state index is -0.951. The fraction of sp³-hybridized carbons (Fsp3) is 0.417. The lowest BCUT2D eigenvalue weighted by molar-refractivity contribution is -0.304. The smallest absolute Gasteiger partial charge is 0.336 e. The molecule has 0 heterocycles. The normalized spacial score (nSPS) is 10.3. The van der Waals surface area contributed by atoms with Gasteiger partial charge in [0.15, 0.2) is 0 Å². The minimum Gasteiger partial charge on any atom is -0.478 e. The number of aromatic carboxylic acids is 1. The van der Waals surface area contributed by atoms with E-state index in [0.29, 0.717) is 12.2 Å². The van der Waals surface area contributed by atoms with Gasteiger partial charge in [0, 0.05) is 0 Å². The summed E-state index contributed by atoms with van der Waals surface area (Å²) in [5.41, 5.74) is 0.869. The van der Waals surface area contributed by atoms with Crippen LogP contribution in [0.1, 0.15) is 35.7 Å². The van der Waals surface area contributed by atoms with Crippen LogP contribution in [0.4, 0.5) is 0 Å². The highest BCUT2D eigenvalue weighted by Crippen LogP contribution is 2.10. The number of hydrogen-bond donors (Lipinski definition) is 1. The van der Waals surface area contributed by atoms with Crippen molar-refractivity contribution in [2.75, 3.05) is 6.61 Å². The van der Waals surface area contributed by atoms with Gasteiger partial charge >= 0.3 is 5.97 Å². The average Bonchev–Trinajstić information content (AvgIpc) is 2.29. The number of benzene rings is 1. The van der Waals surface area contributed by atoms with Crippen molar-refractivity contribution in [1.82, 2.24) is 0 Å². The molecule has 0 aliphatic rings. The predicted molar refractivity (Wildman–Crippen MR) is 59.1 cm³/mol. The lowest BCUT2D eigenvalue weighted by Gasteiger charge is -2.06. The van der Waals surface area contributed by atoms with Gasteiger partial charge in [-0.3, -0.25) is 0 Å². The minimum absolute atomic E-state index is 0.159. The van der Waals surface area contributed by atoms with E-state index in [4.69, 9.17) is 14.9 Å². The van der Waals surface area contributed by atoms with Gasteiger partial charge in [0.2, 0.25) is 0 Å². The third-order valence-corrected chi connectivity index (χ3v) is 2.13. The zero-order valence-electron chi connectivity index (χ0n) is 9.31. The summed E-state index contributed by atoms with van der Waals surface area (Å²) >= 11 is 0. The Morgan fingerprint density at radius 2 is 2.06 bits per heavy atom. The first-order valence-electron chi connectivity index (χ1n) is 5.31. The second kappa shape index (κ2) is 6.98. The highest BCUT2D eigenvalue weighted by atomic mass is 17.2. The second-order valence-electron chi connectivity index (χ2n) is 3.40. The van der Waals surface area contributed by atoms with E-state index >= 15 is 0 Å². The lowest BCUT2D eigenvalue weighted by Crippen LogP contribution is -2.04. The first-order valence-corrected chi connectivity index (χ1v) is 5.31. The molecule has 4 heteroatoms. The van der Waals surface area contributed by atoms with E-state index in [9.17, 15) is 4.79 Å². The number of carboxylic acids is 1. The van der Waals surface area contributed by atoms with Crippen molar-refractivity contribution in [3.05, 3.63) is 35.4 Å². The maximum Gasteiger partial charge on any atom is 0.336 e. The van der Waals surface area contributed by atoms with Crippen molar-refractivity contribution >= 4 is 5.97 Å². The Morgan fingerprint density at radius 3 is 2.75 bits per heavy atom. The fourth-order valence-corrected chi connectivity index (χ4v) is 1.22. The summed E-state index contributed by atoms with van der Waals surface area (Å²) in [5.74, 6) is -0.951. The SMILES string of the molecule is CCCCOOCc1ccccc1C(=O)O. The predicted octanol–water partition coefficient (Wildman–Crippen LogP) is 2.63. The molecule has 0 saturated carbocycles. The highest BCUT2D eigenvalue weighted by Gasteiger charge is 2.08. The van der Waals surface area contributed by atoms with Crippen molar-refractivity contribution in [2.45, 2.75) is 26.4 Å². The maximum atomic E-state index is 10.9. The van der Waals surface area contributed by atoms with Gasteiger partial charge in [0.1, 0.15) is 6.61 Å². The molecule has 0 saturated heterocycles. The first kappa shape index (κ1) is 12.7.